The van der Waals surface area contributed by atoms with Gasteiger partial charge in [-0.05, 0) is 61.9 Å². The SMILES string of the molecule is CCN(CC)c1ccc(NC(=O)/C(C#N)=C\c2ccc(OC)cc2)cc1. The zero-order chi connectivity index (χ0) is 18.9. The molecule has 0 atom stereocenters. The molecule has 5 heteroatoms. The van der Waals surface area contributed by atoms with Gasteiger partial charge >= 0.3 is 0 Å². The molecule has 2 aromatic rings. The van der Waals surface area contributed by atoms with Gasteiger partial charge in [-0.25, -0.2) is 0 Å². The second-order valence-electron chi connectivity index (χ2n) is 5.62. The Labute approximate surface area is 154 Å². The number of carbonyl (C=O) groups is 1. The molecule has 0 saturated carbocycles. The van der Waals surface area contributed by atoms with Gasteiger partial charge in [0.15, 0.2) is 0 Å². The van der Waals surface area contributed by atoms with Crippen molar-refractivity contribution in [3.05, 3.63) is 59.7 Å². The van der Waals surface area contributed by atoms with E-state index in [1.54, 1.807) is 37.5 Å². The van der Waals surface area contributed by atoms with Crippen LogP contribution in [-0.4, -0.2) is 26.1 Å². The molecular formula is C21H23N3O2. The van der Waals surface area contributed by atoms with Crippen LogP contribution in [0.5, 0.6) is 5.75 Å². The quantitative estimate of drug-likeness (QED) is 0.604. The van der Waals surface area contributed by atoms with Crippen molar-refractivity contribution in [2.24, 2.45) is 0 Å². The Bertz CT molecular complexity index is 799. The number of nitrogens with one attached hydrogen (secondary N) is 1. The molecule has 0 fully saturated rings. The Kier molecular flexibility index (Phi) is 6.81. The van der Waals surface area contributed by atoms with Gasteiger partial charge in [0.05, 0.1) is 7.11 Å². The van der Waals surface area contributed by atoms with Crippen molar-refractivity contribution >= 4 is 23.4 Å². The maximum absolute atomic E-state index is 12.4. The number of rotatable bonds is 7. The normalized spacial score (nSPS) is 10.8. The van der Waals surface area contributed by atoms with Gasteiger partial charge in [0, 0.05) is 24.5 Å². The molecule has 0 aliphatic rings. The third-order valence-corrected chi connectivity index (χ3v) is 4.05. The molecule has 5 nitrogen and oxygen atoms in total. The van der Waals surface area contributed by atoms with Gasteiger partial charge in [0.2, 0.25) is 0 Å². The molecule has 0 bridgehead atoms. The molecule has 0 saturated heterocycles. The second kappa shape index (κ2) is 9.28. The molecule has 2 rings (SSSR count). The first kappa shape index (κ1) is 19.1. The van der Waals surface area contributed by atoms with Crippen molar-refractivity contribution in [2.75, 3.05) is 30.4 Å². The van der Waals surface area contributed by atoms with E-state index in [0.29, 0.717) is 5.69 Å². The summed E-state index contributed by atoms with van der Waals surface area (Å²) in [6, 6.07) is 16.7. The predicted octanol–water partition coefficient (Wildman–Crippen LogP) is 4.09. The van der Waals surface area contributed by atoms with E-state index in [4.69, 9.17) is 4.74 Å². The largest absolute Gasteiger partial charge is 0.497 e. The summed E-state index contributed by atoms with van der Waals surface area (Å²) < 4.78 is 5.10. The average Bonchev–Trinajstić information content (AvgIpc) is 2.68. The molecular weight excluding hydrogens is 326 g/mol. The highest BCUT2D eigenvalue weighted by Crippen LogP contribution is 2.19. The van der Waals surface area contributed by atoms with Crippen LogP contribution in [0.1, 0.15) is 19.4 Å². The van der Waals surface area contributed by atoms with Crippen molar-refractivity contribution in [3.8, 4) is 11.8 Å². The summed E-state index contributed by atoms with van der Waals surface area (Å²) in [4.78, 5) is 14.6. The van der Waals surface area contributed by atoms with Gasteiger partial charge < -0.3 is 15.0 Å². The molecule has 26 heavy (non-hydrogen) atoms. The molecule has 134 valence electrons. The molecule has 1 N–H and O–H groups in total. The fourth-order valence-corrected chi connectivity index (χ4v) is 2.56. The van der Waals surface area contributed by atoms with Gasteiger partial charge in [-0.15, -0.1) is 0 Å². The fraction of sp³-hybridized carbons (Fsp3) is 0.238. The van der Waals surface area contributed by atoms with Gasteiger partial charge in [-0.3, -0.25) is 4.79 Å². The number of hydrogen-bond donors (Lipinski definition) is 1. The van der Waals surface area contributed by atoms with Crippen LogP contribution in [0.25, 0.3) is 6.08 Å². The van der Waals surface area contributed by atoms with Gasteiger partial charge in [0.25, 0.3) is 5.91 Å². The summed E-state index contributed by atoms with van der Waals surface area (Å²) >= 11 is 0. The number of nitriles is 1. The lowest BCUT2D eigenvalue weighted by atomic mass is 10.1. The van der Waals surface area contributed by atoms with Crippen LogP contribution in [0.4, 0.5) is 11.4 Å². The minimum atomic E-state index is -0.432. The van der Waals surface area contributed by atoms with Gasteiger partial charge in [-0.2, -0.15) is 5.26 Å². The zero-order valence-corrected chi connectivity index (χ0v) is 15.3. The van der Waals surface area contributed by atoms with Crippen LogP contribution in [-0.2, 0) is 4.79 Å². The maximum atomic E-state index is 12.4. The third-order valence-electron chi connectivity index (χ3n) is 4.05. The number of methoxy groups -OCH3 is 1. The van der Waals surface area contributed by atoms with Crippen LogP contribution in [0.15, 0.2) is 54.1 Å². The molecule has 0 aliphatic carbocycles. The Morgan fingerprint density at radius 2 is 1.73 bits per heavy atom. The first-order valence-corrected chi connectivity index (χ1v) is 8.53. The van der Waals surface area contributed by atoms with E-state index < -0.39 is 5.91 Å². The topological polar surface area (TPSA) is 65.4 Å². The van der Waals surface area contributed by atoms with Gasteiger partial charge in [0.1, 0.15) is 17.4 Å². The van der Waals surface area contributed by atoms with Crippen molar-refractivity contribution in [1.29, 1.82) is 5.26 Å². The molecule has 0 unspecified atom stereocenters. The van der Waals surface area contributed by atoms with Crippen LogP contribution >= 0.6 is 0 Å². The summed E-state index contributed by atoms with van der Waals surface area (Å²) in [5.74, 6) is 0.289. The van der Waals surface area contributed by atoms with Crippen LogP contribution < -0.4 is 15.0 Å². The minimum Gasteiger partial charge on any atom is -0.497 e. The highest BCUT2D eigenvalue weighted by Gasteiger charge is 2.10. The lowest BCUT2D eigenvalue weighted by Crippen LogP contribution is -2.21. The first-order chi connectivity index (χ1) is 12.6. The highest BCUT2D eigenvalue weighted by atomic mass is 16.5. The van der Waals surface area contributed by atoms with Gasteiger partial charge in [-0.1, -0.05) is 12.1 Å². The van der Waals surface area contributed by atoms with Crippen LogP contribution in [0, 0.1) is 11.3 Å². The molecule has 1 amide bonds. The van der Waals surface area contributed by atoms with E-state index in [1.165, 1.54) is 0 Å². The van der Waals surface area contributed by atoms with Crippen molar-refractivity contribution < 1.29 is 9.53 Å². The number of nitrogens with zero attached hydrogens (tertiary/aromatic N) is 2. The average molecular weight is 349 g/mol. The Balaban J connectivity index is 2.11. The third kappa shape index (κ3) is 4.87. The molecule has 0 aromatic heterocycles. The van der Waals surface area contributed by atoms with Crippen molar-refractivity contribution in [1.82, 2.24) is 0 Å². The van der Waals surface area contributed by atoms with Crippen LogP contribution in [0.3, 0.4) is 0 Å². The number of hydrogen-bond acceptors (Lipinski definition) is 4. The predicted molar refractivity (Wildman–Crippen MR) is 105 cm³/mol. The number of ether oxygens (including phenoxy) is 1. The number of amides is 1. The van der Waals surface area contributed by atoms with E-state index in [9.17, 15) is 10.1 Å². The summed E-state index contributed by atoms with van der Waals surface area (Å²) in [7, 11) is 1.59. The number of carbonyl (C=O) groups excluding carboxylic acids is 1. The van der Waals surface area contributed by atoms with E-state index >= 15 is 0 Å². The Morgan fingerprint density at radius 3 is 2.23 bits per heavy atom. The Morgan fingerprint density at radius 1 is 1.12 bits per heavy atom. The maximum Gasteiger partial charge on any atom is 0.266 e. The molecule has 0 aliphatic heterocycles. The first-order valence-electron chi connectivity index (χ1n) is 8.53. The monoisotopic (exact) mass is 349 g/mol. The van der Waals surface area contributed by atoms with E-state index in [-0.39, 0.29) is 5.57 Å². The van der Waals surface area contributed by atoms with E-state index in [0.717, 1.165) is 30.1 Å². The number of benzene rings is 2. The standard InChI is InChI=1S/C21H23N3O2/c1-4-24(5-2)19-10-8-18(9-11-19)23-21(25)17(15-22)14-16-6-12-20(26-3)13-7-16/h6-14H,4-5H2,1-3H3,(H,23,25)/b17-14-. The smallest absolute Gasteiger partial charge is 0.266 e. The summed E-state index contributed by atoms with van der Waals surface area (Å²) in [6.07, 6.45) is 1.55. The van der Waals surface area contributed by atoms with Crippen molar-refractivity contribution in [3.63, 3.8) is 0 Å². The summed E-state index contributed by atoms with van der Waals surface area (Å²) in [5.41, 5.74) is 2.56. The van der Waals surface area contributed by atoms with E-state index in [2.05, 4.69) is 24.1 Å². The molecule has 0 spiro atoms. The van der Waals surface area contributed by atoms with E-state index in [1.807, 2.05) is 30.3 Å². The number of anilines is 2. The Hall–Kier alpha value is -3.26. The summed E-state index contributed by atoms with van der Waals surface area (Å²) in [6.45, 7) is 6.04. The lowest BCUT2D eigenvalue weighted by molar-refractivity contribution is -0.112. The molecule has 0 heterocycles. The lowest BCUT2D eigenvalue weighted by Gasteiger charge is -2.21. The molecule has 2 aromatic carbocycles. The summed E-state index contributed by atoms with van der Waals surface area (Å²) in [5, 5.41) is 12.1. The fourth-order valence-electron chi connectivity index (χ4n) is 2.56. The van der Waals surface area contributed by atoms with Crippen LogP contribution in [0.2, 0.25) is 0 Å². The zero-order valence-electron chi connectivity index (χ0n) is 15.3. The van der Waals surface area contributed by atoms with Crippen molar-refractivity contribution in [2.45, 2.75) is 13.8 Å². The molecule has 0 radical (unpaired) electrons. The second-order valence-corrected chi connectivity index (χ2v) is 5.62. The highest BCUT2D eigenvalue weighted by molar-refractivity contribution is 6.09. The minimum absolute atomic E-state index is 0.0444.